The van der Waals surface area contributed by atoms with Gasteiger partial charge in [-0.15, -0.1) is 0 Å². The third-order valence-corrected chi connectivity index (χ3v) is 0. The van der Waals surface area contributed by atoms with Crippen molar-refractivity contribution in [1.29, 1.82) is 0 Å². The van der Waals surface area contributed by atoms with Gasteiger partial charge in [0.25, 0.3) is 0 Å². The first-order chi connectivity index (χ1) is 1.73. The van der Waals surface area contributed by atoms with Crippen LogP contribution < -0.4 is 29.6 Å². The van der Waals surface area contributed by atoms with Gasteiger partial charge < -0.3 is 1.43 Å². The molecule has 0 aliphatic carbocycles. The van der Waals surface area contributed by atoms with E-state index < -0.39 is 15.7 Å². The molecule has 0 heterocycles. The molecule has 6 heavy (non-hydrogen) atoms. The molecule has 0 aliphatic rings. The van der Waals surface area contributed by atoms with Crippen molar-refractivity contribution in [2.75, 3.05) is 0 Å². The summed E-state index contributed by atoms with van der Waals surface area (Å²) >= 11 is -3.19. The molecule has 0 aromatic heterocycles. The second kappa shape index (κ2) is 10.1. The molecule has 36 valence electrons. The molecular formula is H7As2NaO3. The molecule has 0 saturated carbocycles. The van der Waals surface area contributed by atoms with E-state index in [0.717, 1.165) is 0 Å². The van der Waals surface area contributed by atoms with E-state index in [2.05, 4.69) is 0 Å². The second-order valence-corrected chi connectivity index (χ2v) is 1.39. The van der Waals surface area contributed by atoms with Crippen molar-refractivity contribution in [3.63, 3.8) is 0 Å². The van der Waals surface area contributed by atoms with Crippen molar-refractivity contribution >= 4 is 33.6 Å². The van der Waals surface area contributed by atoms with Gasteiger partial charge in [-0.25, -0.2) is 0 Å². The minimum absolute atomic E-state index is 0. The summed E-state index contributed by atoms with van der Waals surface area (Å²) in [6.07, 6.45) is 0. The molecule has 0 rings (SSSR count). The molecule has 0 fully saturated rings. The molecule has 0 aliphatic heterocycles. The summed E-state index contributed by atoms with van der Waals surface area (Å²) in [6, 6.07) is 0. The predicted octanol–water partition coefficient (Wildman–Crippen LogP) is -6.12. The summed E-state index contributed by atoms with van der Waals surface area (Å²) in [5.41, 5.74) is 0. The molecule has 0 saturated heterocycles. The van der Waals surface area contributed by atoms with Crippen LogP contribution in [0.1, 0.15) is 1.43 Å². The normalized spacial score (nSPS) is 6.00. The van der Waals surface area contributed by atoms with Crippen molar-refractivity contribution in [2.24, 2.45) is 0 Å². The fourth-order valence-corrected chi connectivity index (χ4v) is 0. The van der Waals surface area contributed by atoms with Crippen LogP contribution in [-0.2, 0) is 0 Å². The molecule has 1 atom stereocenters. The van der Waals surface area contributed by atoms with Gasteiger partial charge in [-0.05, 0) is 0 Å². The fourth-order valence-electron chi connectivity index (χ4n) is 0. The van der Waals surface area contributed by atoms with E-state index in [4.69, 9.17) is 12.3 Å². The molecule has 0 radical (unpaired) electrons. The van der Waals surface area contributed by atoms with Gasteiger partial charge in [0, 0.05) is 0 Å². The van der Waals surface area contributed by atoms with Gasteiger partial charge in [0.05, 0.1) is 0 Å². The molecule has 0 spiro atoms. The molecule has 1 unspecified atom stereocenters. The average Bonchev–Trinajstić information content (AvgIpc) is 0.811. The zero-order valence-corrected chi connectivity index (χ0v) is 10.3. The van der Waals surface area contributed by atoms with Gasteiger partial charge >= 0.3 is 75.5 Å². The Bertz CT molecular complexity index is 17.7. The summed E-state index contributed by atoms with van der Waals surface area (Å²) in [6.45, 7) is 0. The monoisotopic (exact) mass is 228 g/mol. The quantitative estimate of drug-likeness (QED) is 0.361. The topological polar surface area (TPSA) is 60.7 Å². The Morgan fingerprint density at radius 1 is 1.17 bits per heavy atom. The van der Waals surface area contributed by atoms with Gasteiger partial charge in [-0.1, -0.05) is 0 Å². The maximum absolute atomic E-state index is 7.31. The maximum atomic E-state index is 7.31. The van der Waals surface area contributed by atoms with Crippen LogP contribution in [0.25, 0.3) is 0 Å². The first-order valence-electron chi connectivity index (χ1n) is 0.600. The minimum atomic E-state index is -3.19. The van der Waals surface area contributed by atoms with Crippen LogP contribution >= 0.6 is 0 Å². The molecule has 3 N–H and O–H groups in total. The molecular weight excluding hydrogens is 221 g/mol. The standard InChI is InChI=1S/AsH3O3.AsH3.Na.H/c2-1(3)4;;;/h2-4H;1H3;;/q;;+1;-1. The minimum Gasteiger partial charge on any atom is -1.00 e. The zero-order valence-electron chi connectivity index (χ0n) is 4.50. The van der Waals surface area contributed by atoms with Crippen molar-refractivity contribution < 1.29 is 43.3 Å². The van der Waals surface area contributed by atoms with Crippen LogP contribution in [0.15, 0.2) is 0 Å². The summed E-state index contributed by atoms with van der Waals surface area (Å²) < 4.78 is 21.9. The van der Waals surface area contributed by atoms with Gasteiger partial charge in [-0.3, -0.25) is 0 Å². The number of rotatable bonds is 0. The summed E-state index contributed by atoms with van der Waals surface area (Å²) in [4.78, 5) is 0. The predicted molar refractivity (Wildman–Crippen MR) is 23.5 cm³/mol. The first kappa shape index (κ1) is 15.7. The molecule has 6 heteroatoms. The third-order valence-electron chi connectivity index (χ3n) is 0. The Kier molecular flexibility index (Phi) is 26.3. The van der Waals surface area contributed by atoms with Crippen molar-refractivity contribution in [3.8, 4) is 0 Å². The third kappa shape index (κ3) is 37.6. The van der Waals surface area contributed by atoms with Crippen molar-refractivity contribution in [2.45, 2.75) is 0 Å². The largest absolute Gasteiger partial charge is 1.00 e. The molecule has 0 aromatic rings. The first-order valence-corrected chi connectivity index (χ1v) is 3.12. The Morgan fingerprint density at radius 2 is 1.17 bits per heavy atom. The SMILES string of the molecule is O[As](O)O.[AsH3].[H-].[Na+]. The van der Waals surface area contributed by atoms with E-state index in [9.17, 15) is 0 Å². The van der Waals surface area contributed by atoms with E-state index in [-0.39, 0.29) is 48.9 Å². The zero-order chi connectivity index (χ0) is 3.58. The summed E-state index contributed by atoms with van der Waals surface area (Å²) in [5, 5.41) is 0. The van der Waals surface area contributed by atoms with E-state index in [1.807, 2.05) is 0 Å². The van der Waals surface area contributed by atoms with Crippen LogP contribution in [0, 0.1) is 0 Å². The number of hydrogen-bond acceptors (Lipinski definition) is 3. The number of hydrogen-bond donors (Lipinski definition) is 3. The van der Waals surface area contributed by atoms with Gasteiger partial charge in [-0.2, -0.15) is 0 Å². The van der Waals surface area contributed by atoms with E-state index in [1.165, 1.54) is 0 Å². The van der Waals surface area contributed by atoms with Gasteiger partial charge in [0.15, 0.2) is 0 Å². The van der Waals surface area contributed by atoms with Gasteiger partial charge in [0.2, 0.25) is 0 Å². The fraction of sp³-hybridized carbons (Fsp3) is 0. The van der Waals surface area contributed by atoms with Crippen LogP contribution in [0.4, 0.5) is 0 Å². The Hall–Kier alpha value is 2.00. The summed E-state index contributed by atoms with van der Waals surface area (Å²) in [5.74, 6) is 0. The molecule has 0 bridgehead atoms. The average molecular weight is 228 g/mol. The Labute approximate surface area is 76.2 Å². The van der Waals surface area contributed by atoms with Crippen LogP contribution in [0.2, 0.25) is 0 Å². The Morgan fingerprint density at radius 3 is 1.17 bits per heavy atom. The smallest absolute Gasteiger partial charge is 1.00 e. The molecule has 3 nitrogen and oxygen atoms in total. The van der Waals surface area contributed by atoms with Crippen LogP contribution in [0.3, 0.4) is 0 Å². The molecule has 0 aromatic carbocycles. The van der Waals surface area contributed by atoms with Crippen LogP contribution in [-0.4, -0.2) is 45.9 Å². The van der Waals surface area contributed by atoms with E-state index >= 15 is 0 Å². The summed E-state index contributed by atoms with van der Waals surface area (Å²) in [7, 11) is 0. The van der Waals surface area contributed by atoms with Crippen LogP contribution in [0.5, 0.6) is 0 Å². The van der Waals surface area contributed by atoms with E-state index in [0.29, 0.717) is 0 Å². The Balaban J connectivity index is -0.0000000150. The van der Waals surface area contributed by atoms with Gasteiger partial charge in [0.1, 0.15) is 0 Å². The second-order valence-electron chi connectivity index (χ2n) is 0.268. The maximum Gasteiger partial charge on any atom is 1.00 e. The van der Waals surface area contributed by atoms with E-state index in [1.54, 1.807) is 0 Å². The molecule has 0 amide bonds. The van der Waals surface area contributed by atoms with Crippen molar-refractivity contribution in [3.05, 3.63) is 0 Å². The van der Waals surface area contributed by atoms with Crippen molar-refractivity contribution in [1.82, 2.24) is 0 Å².